The van der Waals surface area contributed by atoms with Crippen LogP contribution in [0.1, 0.15) is 16.1 Å². The summed E-state index contributed by atoms with van der Waals surface area (Å²) < 4.78 is 40.1. The highest BCUT2D eigenvalue weighted by atomic mass is 32.1. The van der Waals surface area contributed by atoms with Gasteiger partial charge in [0, 0.05) is 6.07 Å². The fourth-order valence-corrected chi connectivity index (χ4v) is 1.97. The average molecular weight is 288 g/mol. The van der Waals surface area contributed by atoms with Crippen LogP contribution in [0.25, 0.3) is 0 Å². The van der Waals surface area contributed by atoms with Crippen LogP contribution in [0.3, 0.4) is 0 Å². The first-order valence-corrected chi connectivity index (χ1v) is 5.78. The Balaban J connectivity index is 2.16. The number of hydrogen-bond donors (Lipinski definition) is 2. The molecule has 0 bridgehead atoms. The normalized spacial score (nSPS) is 11.3. The molecule has 0 spiro atoms. The number of alkyl halides is 3. The number of nitrogens with one attached hydrogen (secondary N) is 1. The van der Waals surface area contributed by atoms with E-state index >= 15 is 0 Å². The number of amides is 1. The Morgan fingerprint density at radius 2 is 2.00 bits per heavy atom. The number of carbonyl (C=O) groups is 1. The molecule has 1 amide bonds. The Morgan fingerprint density at radius 3 is 2.58 bits per heavy atom. The highest BCUT2D eigenvalue weighted by Gasteiger charge is 2.34. The van der Waals surface area contributed by atoms with Crippen LogP contribution in [0.2, 0.25) is 0 Å². The molecule has 0 unspecified atom stereocenters. The van der Waals surface area contributed by atoms with Gasteiger partial charge in [-0.15, -0.1) is 0 Å². The maximum absolute atomic E-state index is 12.3. The molecule has 0 aliphatic heterocycles. The van der Waals surface area contributed by atoms with E-state index in [1.807, 2.05) is 0 Å². The Kier molecular flexibility index (Phi) is 3.43. The molecule has 19 heavy (non-hydrogen) atoms. The summed E-state index contributed by atoms with van der Waals surface area (Å²) in [6.07, 6.45) is -4.55. The van der Waals surface area contributed by atoms with E-state index in [-0.39, 0.29) is 16.3 Å². The lowest BCUT2D eigenvalue weighted by Gasteiger charge is -2.03. The second-order valence-electron chi connectivity index (χ2n) is 3.55. The zero-order chi connectivity index (χ0) is 14.0. The van der Waals surface area contributed by atoms with Crippen molar-refractivity contribution >= 4 is 22.4 Å². The van der Waals surface area contributed by atoms with Gasteiger partial charge < -0.3 is 10.4 Å². The summed E-state index contributed by atoms with van der Waals surface area (Å²) in [4.78, 5) is 11.7. The van der Waals surface area contributed by atoms with Crippen molar-refractivity contribution in [1.29, 1.82) is 0 Å². The fraction of sp³-hybridized carbons (Fsp3) is 0.0909. The summed E-state index contributed by atoms with van der Waals surface area (Å²) in [5, 5.41) is 11.6. The van der Waals surface area contributed by atoms with Crippen LogP contribution in [0.15, 0.2) is 30.3 Å². The number of aromatic hydroxyl groups is 1. The molecule has 1 heterocycles. The summed E-state index contributed by atoms with van der Waals surface area (Å²) in [5.74, 6) is -0.948. The van der Waals surface area contributed by atoms with Crippen LogP contribution in [0.4, 0.5) is 18.2 Å². The molecule has 0 radical (unpaired) electrons. The minimum Gasteiger partial charge on any atom is -0.507 e. The van der Waals surface area contributed by atoms with Crippen molar-refractivity contribution in [1.82, 2.24) is 4.37 Å². The number of aromatic nitrogens is 1. The zero-order valence-electron chi connectivity index (χ0n) is 9.23. The van der Waals surface area contributed by atoms with E-state index in [0.29, 0.717) is 11.5 Å². The maximum atomic E-state index is 12.3. The van der Waals surface area contributed by atoms with Gasteiger partial charge in [-0.2, -0.15) is 17.5 Å². The van der Waals surface area contributed by atoms with Crippen LogP contribution in [-0.2, 0) is 6.18 Å². The molecular weight excluding hydrogens is 281 g/mol. The first kappa shape index (κ1) is 13.3. The second kappa shape index (κ2) is 4.88. The minimum absolute atomic E-state index is 0.0236. The molecule has 2 N–H and O–H groups in total. The summed E-state index contributed by atoms with van der Waals surface area (Å²) >= 11 is 0.522. The number of phenolic OH excluding ortho intramolecular Hbond substituents is 1. The Labute approximate surface area is 109 Å². The van der Waals surface area contributed by atoms with Gasteiger partial charge >= 0.3 is 6.18 Å². The van der Waals surface area contributed by atoms with Crippen LogP contribution in [0, 0.1) is 0 Å². The smallest absolute Gasteiger partial charge is 0.434 e. The molecule has 2 rings (SSSR count). The number of anilines is 1. The summed E-state index contributed by atoms with van der Waals surface area (Å²) in [6.45, 7) is 0. The van der Waals surface area contributed by atoms with Gasteiger partial charge in [0.15, 0.2) is 5.69 Å². The fourth-order valence-electron chi connectivity index (χ4n) is 1.31. The van der Waals surface area contributed by atoms with Crippen molar-refractivity contribution in [3.8, 4) is 5.75 Å². The number of rotatable bonds is 2. The van der Waals surface area contributed by atoms with E-state index in [1.54, 1.807) is 0 Å². The number of hydrogen-bond acceptors (Lipinski definition) is 4. The molecule has 1 aromatic heterocycles. The third kappa shape index (κ3) is 3.02. The molecule has 0 atom stereocenters. The van der Waals surface area contributed by atoms with Crippen molar-refractivity contribution in [2.45, 2.75) is 6.18 Å². The Bertz CT molecular complexity index is 610. The van der Waals surface area contributed by atoms with Crippen molar-refractivity contribution in [2.24, 2.45) is 0 Å². The van der Waals surface area contributed by atoms with E-state index in [9.17, 15) is 23.1 Å². The SMILES string of the molecule is O=C(Nc1cc(C(F)(F)F)ns1)c1ccccc1O. The number of benzene rings is 1. The monoisotopic (exact) mass is 288 g/mol. The average Bonchev–Trinajstić information content (AvgIpc) is 2.77. The van der Waals surface area contributed by atoms with Gasteiger partial charge in [0.1, 0.15) is 10.8 Å². The lowest BCUT2D eigenvalue weighted by Crippen LogP contribution is -2.11. The number of nitrogens with zero attached hydrogens (tertiary/aromatic N) is 1. The molecule has 0 aliphatic rings. The van der Waals surface area contributed by atoms with Crippen LogP contribution < -0.4 is 5.32 Å². The number of halogens is 3. The summed E-state index contributed by atoms with van der Waals surface area (Å²) in [5.41, 5.74) is -1.09. The van der Waals surface area contributed by atoms with E-state index in [2.05, 4.69) is 9.69 Å². The van der Waals surface area contributed by atoms with E-state index in [4.69, 9.17) is 0 Å². The first-order chi connectivity index (χ1) is 8.88. The third-order valence-corrected chi connectivity index (χ3v) is 2.89. The van der Waals surface area contributed by atoms with E-state index in [0.717, 1.165) is 6.07 Å². The molecule has 0 aliphatic carbocycles. The van der Waals surface area contributed by atoms with Gasteiger partial charge in [-0.3, -0.25) is 4.79 Å². The van der Waals surface area contributed by atoms with Gasteiger partial charge in [-0.05, 0) is 23.7 Å². The topological polar surface area (TPSA) is 62.2 Å². The van der Waals surface area contributed by atoms with Crippen LogP contribution in [-0.4, -0.2) is 15.4 Å². The highest BCUT2D eigenvalue weighted by molar-refractivity contribution is 7.10. The van der Waals surface area contributed by atoms with Gasteiger partial charge in [-0.1, -0.05) is 12.1 Å². The quantitative estimate of drug-likeness (QED) is 0.892. The molecular formula is C11H7F3N2O2S. The Hall–Kier alpha value is -2.09. The molecule has 2 aromatic rings. The van der Waals surface area contributed by atoms with Gasteiger partial charge in [0.25, 0.3) is 5.91 Å². The number of phenols is 1. The largest absolute Gasteiger partial charge is 0.507 e. The second-order valence-corrected chi connectivity index (χ2v) is 4.35. The lowest BCUT2D eigenvalue weighted by atomic mass is 10.2. The molecule has 100 valence electrons. The van der Waals surface area contributed by atoms with Crippen molar-refractivity contribution < 1.29 is 23.1 Å². The molecule has 1 aromatic carbocycles. The zero-order valence-corrected chi connectivity index (χ0v) is 10.0. The Morgan fingerprint density at radius 1 is 1.32 bits per heavy atom. The molecule has 8 heteroatoms. The van der Waals surface area contributed by atoms with Crippen LogP contribution >= 0.6 is 11.5 Å². The molecule has 0 saturated carbocycles. The molecule has 4 nitrogen and oxygen atoms in total. The summed E-state index contributed by atoms with van der Waals surface area (Å²) in [7, 11) is 0. The molecule has 0 fully saturated rings. The van der Waals surface area contributed by atoms with E-state index < -0.39 is 17.8 Å². The standard InChI is InChI=1S/C11H7F3N2O2S/c12-11(13,14)8-5-9(19-16-8)15-10(18)6-3-1-2-4-7(6)17/h1-5,17H,(H,15,18). The van der Waals surface area contributed by atoms with Gasteiger partial charge in [-0.25, -0.2) is 0 Å². The lowest BCUT2D eigenvalue weighted by molar-refractivity contribution is -0.140. The van der Waals surface area contributed by atoms with E-state index in [1.165, 1.54) is 24.3 Å². The first-order valence-electron chi connectivity index (χ1n) is 5.01. The number of carbonyl (C=O) groups excluding carboxylic acids is 1. The third-order valence-electron chi connectivity index (χ3n) is 2.19. The van der Waals surface area contributed by atoms with Gasteiger partial charge in [0.2, 0.25) is 0 Å². The maximum Gasteiger partial charge on any atom is 0.434 e. The molecule has 0 saturated heterocycles. The van der Waals surface area contributed by atoms with Crippen molar-refractivity contribution in [2.75, 3.05) is 5.32 Å². The predicted octanol–water partition coefficient (Wildman–Crippen LogP) is 3.12. The van der Waals surface area contributed by atoms with Gasteiger partial charge in [0.05, 0.1) is 5.56 Å². The highest BCUT2D eigenvalue weighted by Crippen LogP contribution is 2.32. The number of para-hydroxylation sites is 1. The summed E-state index contributed by atoms with van der Waals surface area (Å²) in [6, 6.07) is 6.46. The van der Waals surface area contributed by atoms with Crippen LogP contribution in [0.5, 0.6) is 5.75 Å². The predicted molar refractivity (Wildman–Crippen MR) is 63.2 cm³/mol. The van der Waals surface area contributed by atoms with Crippen molar-refractivity contribution in [3.63, 3.8) is 0 Å². The van der Waals surface area contributed by atoms with Crippen molar-refractivity contribution in [3.05, 3.63) is 41.6 Å². The minimum atomic E-state index is -4.55.